The maximum absolute atomic E-state index is 10.9. The Labute approximate surface area is 113 Å². The average Bonchev–Trinajstić information content (AvgIpc) is 2.43. The van der Waals surface area contributed by atoms with Gasteiger partial charge in [0.2, 0.25) is 0 Å². The van der Waals surface area contributed by atoms with Crippen molar-refractivity contribution in [1.29, 1.82) is 0 Å². The normalized spacial score (nSPS) is 17.7. The van der Waals surface area contributed by atoms with Gasteiger partial charge in [-0.2, -0.15) is 0 Å². The van der Waals surface area contributed by atoms with Gasteiger partial charge >= 0.3 is 5.97 Å². The van der Waals surface area contributed by atoms with Crippen molar-refractivity contribution in [3.8, 4) is 5.75 Å². The molecular weight excluding hydrogens is 244 g/mol. The van der Waals surface area contributed by atoms with Crippen LogP contribution in [0.4, 0.5) is 0 Å². The lowest BCUT2D eigenvalue weighted by Crippen LogP contribution is -2.09. The molecule has 0 radical (unpaired) electrons. The predicted octanol–water partition coefficient (Wildman–Crippen LogP) is 2.39. The van der Waals surface area contributed by atoms with Crippen LogP contribution in [0.15, 0.2) is 18.2 Å². The van der Waals surface area contributed by atoms with Crippen molar-refractivity contribution in [2.24, 2.45) is 0 Å². The lowest BCUT2D eigenvalue weighted by atomic mass is 9.89. The van der Waals surface area contributed by atoms with E-state index in [0.29, 0.717) is 19.4 Å². The van der Waals surface area contributed by atoms with Gasteiger partial charge in [0.1, 0.15) is 5.75 Å². The van der Waals surface area contributed by atoms with Crippen LogP contribution in [-0.2, 0) is 16.0 Å². The molecule has 0 spiro atoms. The van der Waals surface area contributed by atoms with Gasteiger partial charge in [0.15, 0.2) is 0 Å². The van der Waals surface area contributed by atoms with Gasteiger partial charge in [0.25, 0.3) is 0 Å². The Morgan fingerprint density at radius 1 is 1.47 bits per heavy atom. The summed E-state index contributed by atoms with van der Waals surface area (Å²) in [7, 11) is 1.39. The van der Waals surface area contributed by atoms with Gasteiger partial charge in [-0.3, -0.25) is 4.79 Å². The van der Waals surface area contributed by atoms with Crippen molar-refractivity contribution in [3.63, 3.8) is 0 Å². The highest BCUT2D eigenvalue weighted by atomic mass is 16.5. The van der Waals surface area contributed by atoms with Gasteiger partial charge in [-0.1, -0.05) is 6.07 Å². The van der Waals surface area contributed by atoms with Crippen molar-refractivity contribution in [2.45, 2.75) is 38.2 Å². The van der Waals surface area contributed by atoms with Crippen molar-refractivity contribution < 1.29 is 19.4 Å². The van der Waals surface area contributed by atoms with E-state index in [-0.39, 0.29) is 12.1 Å². The molecule has 2 rings (SSSR count). The smallest absolute Gasteiger partial charge is 0.305 e. The Hall–Kier alpha value is -1.55. The molecule has 104 valence electrons. The molecule has 1 atom stereocenters. The second kappa shape index (κ2) is 6.57. The van der Waals surface area contributed by atoms with Gasteiger partial charge in [0.05, 0.1) is 19.8 Å². The van der Waals surface area contributed by atoms with E-state index in [2.05, 4.69) is 4.74 Å². The van der Waals surface area contributed by atoms with Crippen LogP contribution in [-0.4, -0.2) is 24.8 Å². The number of hydrogen-bond donors (Lipinski definition) is 1. The number of ether oxygens (including phenoxy) is 2. The first kappa shape index (κ1) is 13.9. The van der Waals surface area contributed by atoms with E-state index in [0.717, 1.165) is 30.6 Å². The molecule has 0 amide bonds. The van der Waals surface area contributed by atoms with Crippen LogP contribution < -0.4 is 4.74 Å². The first-order valence-corrected chi connectivity index (χ1v) is 6.71. The largest absolute Gasteiger partial charge is 0.494 e. The number of methoxy groups -OCH3 is 1. The van der Waals surface area contributed by atoms with E-state index in [1.54, 1.807) is 0 Å². The number of benzene rings is 1. The molecule has 0 saturated carbocycles. The van der Waals surface area contributed by atoms with E-state index >= 15 is 0 Å². The molecule has 1 aromatic carbocycles. The van der Waals surface area contributed by atoms with Crippen molar-refractivity contribution in [1.82, 2.24) is 0 Å². The minimum absolute atomic E-state index is 0.211. The fourth-order valence-corrected chi connectivity index (χ4v) is 2.36. The van der Waals surface area contributed by atoms with Crippen LogP contribution in [0.2, 0.25) is 0 Å². The van der Waals surface area contributed by atoms with Gasteiger partial charge in [0, 0.05) is 6.42 Å². The molecule has 0 aromatic heterocycles. The summed E-state index contributed by atoms with van der Waals surface area (Å²) < 4.78 is 10.2. The molecule has 1 unspecified atom stereocenters. The number of esters is 1. The van der Waals surface area contributed by atoms with E-state index in [1.165, 1.54) is 12.7 Å². The van der Waals surface area contributed by atoms with Crippen LogP contribution in [0, 0.1) is 0 Å². The highest BCUT2D eigenvalue weighted by molar-refractivity contribution is 5.69. The summed E-state index contributed by atoms with van der Waals surface area (Å²) in [5.41, 5.74) is 2.19. The molecule has 4 heteroatoms. The molecule has 0 heterocycles. The Kier molecular flexibility index (Phi) is 4.80. The second-order valence-electron chi connectivity index (χ2n) is 4.80. The molecule has 4 nitrogen and oxygen atoms in total. The Morgan fingerprint density at radius 2 is 2.32 bits per heavy atom. The quantitative estimate of drug-likeness (QED) is 0.655. The zero-order valence-corrected chi connectivity index (χ0v) is 11.2. The predicted molar refractivity (Wildman–Crippen MR) is 71.1 cm³/mol. The van der Waals surface area contributed by atoms with Crippen LogP contribution in [0.1, 0.15) is 42.9 Å². The zero-order chi connectivity index (χ0) is 13.7. The van der Waals surface area contributed by atoms with Crippen molar-refractivity contribution in [2.75, 3.05) is 13.7 Å². The summed E-state index contributed by atoms with van der Waals surface area (Å²) >= 11 is 0. The minimum Gasteiger partial charge on any atom is -0.494 e. The first-order valence-electron chi connectivity index (χ1n) is 6.71. The van der Waals surface area contributed by atoms with Gasteiger partial charge < -0.3 is 14.6 Å². The number of fused-ring (bicyclic) bond motifs is 1. The third-order valence-corrected chi connectivity index (χ3v) is 3.42. The van der Waals surface area contributed by atoms with E-state index in [4.69, 9.17) is 4.74 Å². The molecule has 1 aliphatic rings. The maximum atomic E-state index is 10.9. The Bertz CT molecular complexity index is 442. The summed E-state index contributed by atoms with van der Waals surface area (Å²) in [4.78, 5) is 10.9. The van der Waals surface area contributed by atoms with Crippen LogP contribution in [0.5, 0.6) is 5.75 Å². The highest BCUT2D eigenvalue weighted by Crippen LogP contribution is 2.31. The standard InChI is InChI=1S/C15H20O4/c1-18-15(17)6-3-9-19-12-7-8-13-11(10-12)4-2-5-14(13)16/h7-8,10,14,16H,2-6,9H2,1H3. The highest BCUT2D eigenvalue weighted by Gasteiger charge is 2.18. The monoisotopic (exact) mass is 264 g/mol. The zero-order valence-electron chi connectivity index (χ0n) is 11.2. The third kappa shape index (κ3) is 3.70. The Morgan fingerprint density at radius 3 is 3.11 bits per heavy atom. The number of rotatable bonds is 5. The number of aliphatic hydroxyl groups is 1. The first-order chi connectivity index (χ1) is 9.20. The number of carbonyl (C=O) groups excluding carboxylic acids is 1. The molecule has 1 aliphatic carbocycles. The van der Waals surface area contributed by atoms with Gasteiger partial charge in [-0.15, -0.1) is 0 Å². The molecule has 0 aliphatic heterocycles. The van der Waals surface area contributed by atoms with Crippen LogP contribution in [0.3, 0.4) is 0 Å². The second-order valence-corrected chi connectivity index (χ2v) is 4.80. The van der Waals surface area contributed by atoms with Crippen LogP contribution in [0.25, 0.3) is 0 Å². The maximum Gasteiger partial charge on any atom is 0.305 e. The average molecular weight is 264 g/mol. The number of aryl methyl sites for hydroxylation is 1. The molecular formula is C15H20O4. The molecule has 1 N–H and O–H groups in total. The van der Waals surface area contributed by atoms with E-state index in [1.807, 2.05) is 18.2 Å². The fraction of sp³-hybridized carbons (Fsp3) is 0.533. The molecule has 19 heavy (non-hydrogen) atoms. The van der Waals surface area contributed by atoms with E-state index in [9.17, 15) is 9.90 Å². The summed E-state index contributed by atoms with van der Waals surface area (Å²) in [6, 6.07) is 5.82. The minimum atomic E-state index is -0.336. The summed E-state index contributed by atoms with van der Waals surface area (Å²) in [6.07, 6.45) is 3.53. The lowest BCUT2D eigenvalue weighted by molar-refractivity contribution is -0.140. The van der Waals surface area contributed by atoms with Crippen molar-refractivity contribution >= 4 is 5.97 Å². The third-order valence-electron chi connectivity index (χ3n) is 3.42. The SMILES string of the molecule is COC(=O)CCCOc1ccc2c(c1)CCCC2O. The topological polar surface area (TPSA) is 55.8 Å². The molecule has 0 saturated heterocycles. The summed E-state index contributed by atoms with van der Waals surface area (Å²) in [5.74, 6) is 0.592. The van der Waals surface area contributed by atoms with Gasteiger partial charge in [-0.05, 0) is 48.9 Å². The molecule has 1 aromatic rings. The number of hydrogen-bond acceptors (Lipinski definition) is 4. The summed E-state index contributed by atoms with van der Waals surface area (Å²) in [6.45, 7) is 0.496. The fourth-order valence-electron chi connectivity index (χ4n) is 2.36. The van der Waals surface area contributed by atoms with E-state index < -0.39 is 0 Å². The lowest BCUT2D eigenvalue weighted by Gasteiger charge is -2.21. The molecule has 0 bridgehead atoms. The number of aliphatic hydroxyl groups excluding tert-OH is 1. The van der Waals surface area contributed by atoms with Crippen LogP contribution >= 0.6 is 0 Å². The van der Waals surface area contributed by atoms with Crippen molar-refractivity contribution in [3.05, 3.63) is 29.3 Å². The number of carbonyl (C=O) groups is 1. The molecule has 0 fully saturated rings. The summed E-state index contributed by atoms with van der Waals surface area (Å²) in [5, 5.41) is 9.86. The Balaban J connectivity index is 1.86. The van der Waals surface area contributed by atoms with Gasteiger partial charge in [-0.25, -0.2) is 0 Å².